The van der Waals surface area contributed by atoms with E-state index in [9.17, 15) is 4.79 Å². The van der Waals surface area contributed by atoms with Crippen LogP contribution in [0.5, 0.6) is 0 Å². The van der Waals surface area contributed by atoms with Gasteiger partial charge in [0, 0.05) is 25.4 Å². The standard InChI is InChI=1S/C18H19ClN2O2/c19-17-14-16(8-10-20-17)6-7-18(23)21(12-13-22)11-9-15-4-2-1-3-5-15/h1-8,10,14,22H,9,11-13H2/b7-6+. The second-order valence-electron chi connectivity index (χ2n) is 5.03. The van der Waals surface area contributed by atoms with Gasteiger partial charge in [0.25, 0.3) is 0 Å². The van der Waals surface area contributed by atoms with E-state index in [1.807, 2.05) is 30.3 Å². The Kier molecular flexibility index (Phi) is 6.78. The van der Waals surface area contributed by atoms with Crippen molar-refractivity contribution < 1.29 is 9.90 Å². The average molecular weight is 331 g/mol. The monoisotopic (exact) mass is 330 g/mol. The second kappa shape index (κ2) is 9.08. The van der Waals surface area contributed by atoms with Crippen LogP contribution in [0.15, 0.2) is 54.7 Å². The van der Waals surface area contributed by atoms with Crippen molar-refractivity contribution >= 4 is 23.6 Å². The van der Waals surface area contributed by atoms with Crippen molar-refractivity contribution in [3.63, 3.8) is 0 Å². The lowest BCUT2D eigenvalue weighted by atomic mass is 10.1. The number of pyridine rings is 1. The van der Waals surface area contributed by atoms with E-state index in [1.54, 1.807) is 29.3 Å². The van der Waals surface area contributed by atoms with Crippen LogP contribution in [0.4, 0.5) is 0 Å². The first-order chi connectivity index (χ1) is 11.2. The van der Waals surface area contributed by atoms with Crippen molar-refractivity contribution in [1.29, 1.82) is 0 Å². The zero-order chi connectivity index (χ0) is 16.5. The van der Waals surface area contributed by atoms with E-state index >= 15 is 0 Å². The molecule has 0 saturated heterocycles. The molecular weight excluding hydrogens is 312 g/mol. The van der Waals surface area contributed by atoms with Gasteiger partial charge in [0.2, 0.25) is 5.91 Å². The molecule has 0 spiro atoms. The highest BCUT2D eigenvalue weighted by Crippen LogP contribution is 2.09. The fourth-order valence-corrected chi connectivity index (χ4v) is 2.34. The van der Waals surface area contributed by atoms with Crippen LogP contribution in [-0.4, -0.2) is 40.6 Å². The molecule has 0 atom stereocenters. The van der Waals surface area contributed by atoms with Crippen LogP contribution in [0.3, 0.4) is 0 Å². The van der Waals surface area contributed by atoms with Crippen molar-refractivity contribution in [2.24, 2.45) is 0 Å². The number of hydrogen-bond donors (Lipinski definition) is 1. The summed E-state index contributed by atoms with van der Waals surface area (Å²) in [4.78, 5) is 17.8. The number of carbonyl (C=O) groups is 1. The molecule has 4 nitrogen and oxygen atoms in total. The van der Waals surface area contributed by atoms with Gasteiger partial charge in [0.1, 0.15) is 5.15 Å². The summed E-state index contributed by atoms with van der Waals surface area (Å²) in [5.41, 5.74) is 1.97. The normalized spacial score (nSPS) is 10.9. The summed E-state index contributed by atoms with van der Waals surface area (Å²) in [6.07, 6.45) is 5.53. The molecule has 2 rings (SSSR count). The first-order valence-corrected chi connectivity index (χ1v) is 7.80. The van der Waals surface area contributed by atoms with Crippen molar-refractivity contribution in [2.75, 3.05) is 19.7 Å². The zero-order valence-corrected chi connectivity index (χ0v) is 13.5. The van der Waals surface area contributed by atoms with Gasteiger partial charge in [-0.25, -0.2) is 4.98 Å². The Labute approximate surface area is 141 Å². The predicted octanol–water partition coefficient (Wildman–Crippen LogP) is 2.81. The fourth-order valence-electron chi connectivity index (χ4n) is 2.16. The molecule has 1 aromatic carbocycles. The zero-order valence-electron chi connectivity index (χ0n) is 12.7. The summed E-state index contributed by atoms with van der Waals surface area (Å²) in [5, 5.41) is 9.55. The maximum atomic E-state index is 12.3. The molecule has 0 unspecified atom stereocenters. The first kappa shape index (κ1) is 17.2. The molecule has 0 aliphatic rings. The molecule has 2 aromatic rings. The van der Waals surface area contributed by atoms with E-state index in [0.29, 0.717) is 18.2 Å². The van der Waals surface area contributed by atoms with Crippen LogP contribution in [0.2, 0.25) is 5.15 Å². The molecule has 1 N–H and O–H groups in total. The van der Waals surface area contributed by atoms with Gasteiger partial charge in [-0.2, -0.15) is 0 Å². The Morgan fingerprint density at radius 1 is 1.22 bits per heavy atom. The van der Waals surface area contributed by atoms with Gasteiger partial charge in [-0.1, -0.05) is 41.9 Å². The lowest BCUT2D eigenvalue weighted by Gasteiger charge is -2.20. The van der Waals surface area contributed by atoms with Gasteiger partial charge in [-0.15, -0.1) is 0 Å². The topological polar surface area (TPSA) is 53.4 Å². The number of benzene rings is 1. The summed E-state index contributed by atoms with van der Waals surface area (Å²) in [7, 11) is 0. The minimum atomic E-state index is -0.136. The largest absolute Gasteiger partial charge is 0.395 e. The van der Waals surface area contributed by atoms with Gasteiger partial charge in [0.05, 0.1) is 6.61 Å². The number of aliphatic hydroxyl groups is 1. The Hall–Kier alpha value is -2.17. The summed E-state index contributed by atoms with van der Waals surface area (Å²) in [6, 6.07) is 13.4. The van der Waals surface area contributed by atoms with Gasteiger partial charge >= 0.3 is 0 Å². The lowest BCUT2D eigenvalue weighted by molar-refractivity contribution is -0.126. The van der Waals surface area contributed by atoms with Crippen LogP contribution in [0.25, 0.3) is 6.08 Å². The molecule has 0 aliphatic heterocycles. The highest BCUT2D eigenvalue weighted by Gasteiger charge is 2.10. The lowest BCUT2D eigenvalue weighted by Crippen LogP contribution is -2.34. The van der Waals surface area contributed by atoms with Crippen LogP contribution < -0.4 is 0 Å². The van der Waals surface area contributed by atoms with Crippen molar-refractivity contribution in [3.05, 3.63) is 71.0 Å². The molecule has 0 saturated carbocycles. The molecule has 1 heterocycles. The Balaban J connectivity index is 1.97. The minimum Gasteiger partial charge on any atom is -0.395 e. The summed E-state index contributed by atoms with van der Waals surface area (Å²) < 4.78 is 0. The number of hydrogen-bond acceptors (Lipinski definition) is 3. The van der Waals surface area contributed by atoms with Crippen LogP contribution in [0, 0.1) is 0 Å². The third-order valence-electron chi connectivity index (χ3n) is 3.36. The summed E-state index contributed by atoms with van der Waals surface area (Å²) in [6.45, 7) is 0.813. The molecule has 1 aromatic heterocycles. The minimum absolute atomic E-state index is 0.0601. The SMILES string of the molecule is O=C(/C=C/c1ccnc(Cl)c1)N(CCO)CCc1ccccc1. The van der Waals surface area contributed by atoms with E-state index in [2.05, 4.69) is 4.98 Å². The number of amides is 1. The van der Waals surface area contributed by atoms with Crippen molar-refractivity contribution in [2.45, 2.75) is 6.42 Å². The smallest absolute Gasteiger partial charge is 0.246 e. The number of carbonyl (C=O) groups excluding carboxylic acids is 1. The number of aliphatic hydroxyl groups excluding tert-OH is 1. The highest BCUT2D eigenvalue weighted by molar-refractivity contribution is 6.29. The van der Waals surface area contributed by atoms with Crippen LogP contribution in [0.1, 0.15) is 11.1 Å². The van der Waals surface area contributed by atoms with Crippen molar-refractivity contribution in [1.82, 2.24) is 9.88 Å². The maximum Gasteiger partial charge on any atom is 0.246 e. The first-order valence-electron chi connectivity index (χ1n) is 7.42. The number of halogens is 1. The van der Waals surface area contributed by atoms with E-state index in [-0.39, 0.29) is 12.5 Å². The molecule has 120 valence electrons. The average Bonchev–Trinajstić information content (AvgIpc) is 2.57. The molecular formula is C18H19ClN2O2. The van der Waals surface area contributed by atoms with Crippen LogP contribution >= 0.6 is 11.6 Å². The maximum absolute atomic E-state index is 12.3. The second-order valence-corrected chi connectivity index (χ2v) is 5.42. The Bertz CT molecular complexity index is 659. The van der Waals surface area contributed by atoms with Gasteiger partial charge < -0.3 is 10.0 Å². The van der Waals surface area contributed by atoms with E-state index in [4.69, 9.17) is 16.7 Å². The van der Waals surface area contributed by atoms with Crippen LogP contribution in [-0.2, 0) is 11.2 Å². The van der Waals surface area contributed by atoms with Gasteiger partial charge in [-0.05, 0) is 35.8 Å². The summed E-state index contributed by atoms with van der Waals surface area (Å²) >= 11 is 5.82. The van der Waals surface area contributed by atoms with Gasteiger partial charge in [-0.3, -0.25) is 4.79 Å². The molecule has 1 amide bonds. The Morgan fingerprint density at radius 3 is 2.70 bits per heavy atom. The van der Waals surface area contributed by atoms with Crippen molar-refractivity contribution in [3.8, 4) is 0 Å². The highest BCUT2D eigenvalue weighted by atomic mass is 35.5. The molecule has 0 fully saturated rings. The quantitative estimate of drug-likeness (QED) is 0.627. The van der Waals surface area contributed by atoms with E-state index in [0.717, 1.165) is 17.5 Å². The third kappa shape index (κ3) is 5.85. The number of aromatic nitrogens is 1. The van der Waals surface area contributed by atoms with E-state index in [1.165, 1.54) is 6.08 Å². The number of nitrogens with zero attached hydrogens (tertiary/aromatic N) is 2. The molecule has 0 bridgehead atoms. The molecule has 5 heteroatoms. The molecule has 0 aliphatic carbocycles. The number of rotatable bonds is 7. The van der Waals surface area contributed by atoms with E-state index < -0.39 is 0 Å². The third-order valence-corrected chi connectivity index (χ3v) is 3.57. The molecule has 0 radical (unpaired) electrons. The molecule has 23 heavy (non-hydrogen) atoms. The van der Waals surface area contributed by atoms with Gasteiger partial charge in [0.15, 0.2) is 0 Å². The predicted molar refractivity (Wildman–Crippen MR) is 92.1 cm³/mol. The fraction of sp³-hybridized carbons (Fsp3) is 0.222. The Morgan fingerprint density at radius 2 is 2.00 bits per heavy atom. The summed E-state index contributed by atoms with van der Waals surface area (Å²) in [5.74, 6) is -0.136.